The van der Waals surface area contributed by atoms with Crippen molar-refractivity contribution in [2.75, 3.05) is 13.1 Å². The Bertz CT molecular complexity index is 378. The van der Waals surface area contributed by atoms with Gasteiger partial charge in [0.1, 0.15) is 0 Å². The third-order valence-electron chi connectivity index (χ3n) is 3.44. The molecule has 1 amide bonds. The van der Waals surface area contributed by atoms with Gasteiger partial charge in [-0.05, 0) is 37.1 Å². The van der Waals surface area contributed by atoms with Crippen LogP contribution in [0.2, 0.25) is 5.02 Å². The third-order valence-corrected chi connectivity index (χ3v) is 3.69. The van der Waals surface area contributed by atoms with Crippen LogP contribution < -0.4 is 0 Å². The fourth-order valence-corrected chi connectivity index (χ4v) is 2.32. The summed E-state index contributed by atoms with van der Waals surface area (Å²) in [7, 11) is 0. The molecule has 0 unspecified atom stereocenters. The number of hydrogen-bond donors (Lipinski definition) is 0. The molecule has 0 aliphatic carbocycles. The van der Waals surface area contributed by atoms with Gasteiger partial charge < -0.3 is 4.90 Å². The molecule has 1 aromatic rings. The zero-order valence-corrected chi connectivity index (χ0v) is 13.5. The van der Waals surface area contributed by atoms with E-state index >= 15 is 0 Å². The molecule has 0 aliphatic heterocycles. The molecule has 0 spiro atoms. The Morgan fingerprint density at radius 1 is 0.950 bits per heavy atom. The number of unbranched alkanes of at least 4 members (excludes halogenated alkanes) is 4. The van der Waals surface area contributed by atoms with E-state index in [9.17, 15) is 4.79 Å². The molecular formula is C17H26ClNO. The second-order valence-electron chi connectivity index (χ2n) is 5.21. The highest BCUT2D eigenvalue weighted by molar-refractivity contribution is 6.30. The lowest BCUT2D eigenvalue weighted by molar-refractivity contribution is 0.0749. The number of amides is 1. The van der Waals surface area contributed by atoms with Crippen LogP contribution in [0.4, 0.5) is 0 Å². The van der Waals surface area contributed by atoms with Gasteiger partial charge in [0.05, 0.1) is 0 Å². The summed E-state index contributed by atoms with van der Waals surface area (Å²) >= 11 is 5.88. The first-order valence-corrected chi connectivity index (χ1v) is 8.11. The highest BCUT2D eigenvalue weighted by Crippen LogP contribution is 2.13. The maximum atomic E-state index is 12.5. The van der Waals surface area contributed by atoms with Crippen LogP contribution in [-0.2, 0) is 0 Å². The van der Waals surface area contributed by atoms with Crippen molar-refractivity contribution < 1.29 is 4.79 Å². The van der Waals surface area contributed by atoms with Crippen LogP contribution in [0.25, 0.3) is 0 Å². The summed E-state index contributed by atoms with van der Waals surface area (Å²) in [5.41, 5.74) is 0.738. The van der Waals surface area contributed by atoms with E-state index < -0.39 is 0 Å². The van der Waals surface area contributed by atoms with Gasteiger partial charge in [-0.25, -0.2) is 0 Å². The number of rotatable bonds is 9. The maximum Gasteiger partial charge on any atom is 0.253 e. The maximum absolute atomic E-state index is 12.5. The highest BCUT2D eigenvalue weighted by Gasteiger charge is 2.14. The average Bonchev–Trinajstić information content (AvgIpc) is 2.46. The third kappa shape index (κ3) is 5.96. The zero-order chi connectivity index (χ0) is 14.8. The summed E-state index contributed by atoms with van der Waals surface area (Å²) in [5, 5.41) is 0.671. The van der Waals surface area contributed by atoms with E-state index in [0.717, 1.165) is 31.5 Å². The molecule has 0 fully saturated rings. The van der Waals surface area contributed by atoms with E-state index in [4.69, 9.17) is 11.6 Å². The second-order valence-corrected chi connectivity index (χ2v) is 5.65. The molecule has 0 radical (unpaired) electrons. The number of halogens is 1. The first kappa shape index (κ1) is 17.0. The predicted octanol–water partition coefficient (Wildman–Crippen LogP) is 5.16. The Morgan fingerprint density at radius 2 is 1.45 bits per heavy atom. The van der Waals surface area contributed by atoms with E-state index in [1.165, 1.54) is 25.7 Å². The van der Waals surface area contributed by atoms with Crippen LogP contribution in [0.15, 0.2) is 24.3 Å². The van der Waals surface area contributed by atoms with E-state index in [0.29, 0.717) is 5.02 Å². The van der Waals surface area contributed by atoms with Crippen LogP contribution in [0.5, 0.6) is 0 Å². The molecule has 20 heavy (non-hydrogen) atoms. The summed E-state index contributed by atoms with van der Waals surface area (Å²) < 4.78 is 0. The van der Waals surface area contributed by atoms with Gasteiger partial charge in [-0.2, -0.15) is 0 Å². The zero-order valence-electron chi connectivity index (χ0n) is 12.7. The predicted molar refractivity (Wildman–Crippen MR) is 86.4 cm³/mol. The standard InChI is InChI=1S/C17H26ClNO/c1-3-5-7-13-19(14-8-6-4-2)17(20)15-9-11-16(18)12-10-15/h9-12H,3-8,13-14H2,1-2H3. The molecule has 0 saturated heterocycles. The summed E-state index contributed by atoms with van der Waals surface area (Å²) in [6.07, 6.45) is 6.89. The van der Waals surface area contributed by atoms with E-state index in [1.807, 2.05) is 17.0 Å². The molecule has 2 nitrogen and oxygen atoms in total. The van der Waals surface area contributed by atoms with Crippen molar-refractivity contribution in [2.45, 2.75) is 52.4 Å². The van der Waals surface area contributed by atoms with Gasteiger partial charge in [-0.3, -0.25) is 4.79 Å². The minimum atomic E-state index is 0.133. The fourth-order valence-electron chi connectivity index (χ4n) is 2.20. The number of carbonyl (C=O) groups is 1. The second kappa shape index (κ2) is 9.82. The monoisotopic (exact) mass is 295 g/mol. The minimum absolute atomic E-state index is 0.133. The quantitative estimate of drug-likeness (QED) is 0.576. The Kier molecular flexibility index (Phi) is 8.36. The molecule has 0 heterocycles. The number of benzene rings is 1. The molecule has 0 aromatic heterocycles. The van der Waals surface area contributed by atoms with Crippen LogP contribution in [-0.4, -0.2) is 23.9 Å². The lowest BCUT2D eigenvalue weighted by atomic mass is 10.1. The van der Waals surface area contributed by atoms with Crippen molar-refractivity contribution in [2.24, 2.45) is 0 Å². The lowest BCUT2D eigenvalue weighted by Crippen LogP contribution is -2.33. The molecule has 0 N–H and O–H groups in total. The summed E-state index contributed by atoms with van der Waals surface area (Å²) in [6.45, 7) is 6.09. The first-order valence-electron chi connectivity index (χ1n) is 7.73. The van der Waals surface area contributed by atoms with Crippen molar-refractivity contribution in [3.05, 3.63) is 34.9 Å². The summed E-state index contributed by atoms with van der Waals surface area (Å²) in [6, 6.07) is 7.20. The van der Waals surface area contributed by atoms with Crippen molar-refractivity contribution in [1.29, 1.82) is 0 Å². The lowest BCUT2D eigenvalue weighted by Gasteiger charge is -2.23. The minimum Gasteiger partial charge on any atom is -0.339 e. The van der Waals surface area contributed by atoms with Crippen LogP contribution >= 0.6 is 11.6 Å². The van der Waals surface area contributed by atoms with Gasteiger partial charge in [0.25, 0.3) is 5.91 Å². The fraction of sp³-hybridized carbons (Fsp3) is 0.588. The topological polar surface area (TPSA) is 20.3 Å². The van der Waals surface area contributed by atoms with Gasteiger partial charge in [0.2, 0.25) is 0 Å². The van der Waals surface area contributed by atoms with Crippen molar-refractivity contribution >= 4 is 17.5 Å². The molecule has 3 heteroatoms. The van der Waals surface area contributed by atoms with Crippen molar-refractivity contribution in [1.82, 2.24) is 4.90 Å². The Morgan fingerprint density at radius 3 is 1.90 bits per heavy atom. The molecule has 112 valence electrons. The Labute approximate surface area is 128 Å². The number of hydrogen-bond acceptors (Lipinski definition) is 1. The molecule has 0 aliphatic rings. The van der Waals surface area contributed by atoms with Gasteiger partial charge in [-0.15, -0.1) is 0 Å². The molecule has 0 atom stereocenters. The summed E-state index contributed by atoms with van der Waals surface area (Å²) in [4.78, 5) is 14.5. The van der Waals surface area contributed by atoms with Crippen LogP contribution in [0, 0.1) is 0 Å². The van der Waals surface area contributed by atoms with Gasteiger partial charge in [0.15, 0.2) is 0 Å². The molecule has 1 rings (SSSR count). The smallest absolute Gasteiger partial charge is 0.253 e. The molecule has 0 saturated carbocycles. The van der Waals surface area contributed by atoms with Gasteiger partial charge in [-0.1, -0.05) is 51.1 Å². The van der Waals surface area contributed by atoms with Gasteiger partial charge >= 0.3 is 0 Å². The van der Waals surface area contributed by atoms with E-state index in [2.05, 4.69) is 13.8 Å². The van der Waals surface area contributed by atoms with Crippen LogP contribution in [0.1, 0.15) is 62.7 Å². The largest absolute Gasteiger partial charge is 0.339 e. The Balaban J connectivity index is 2.63. The molecular weight excluding hydrogens is 270 g/mol. The van der Waals surface area contributed by atoms with E-state index in [1.54, 1.807) is 12.1 Å². The molecule has 0 bridgehead atoms. The SMILES string of the molecule is CCCCCN(CCCCC)C(=O)c1ccc(Cl)cc1. The first-order chi connectivity index (χ1) is 9.69. The van der Waals surface area contributed by atoms with Crippen molar-refractivity contribution in [3.8, 4) is 0 Å². The normalized spacial score (nSPS) is 10.6. The van der Waals surface area contributed by atoms with Crippen molar-refractivity contribution in [3.63, 3.8) is 0 Å². The highest BCUT2D eigenvalue weighted by atomic mass is 35.5. The molecule has 1 aromatic carbocycles. The number of nitrogens with zero attached hydrogens (tertiary/aromatic N) is 1. The number of carbonyl (C=O) groups excluding carboxylic acids is 1. The van der Waals surface area contributed by atoms with Gasteiger partial charge in [0, 0.05) is 23.7 Å². The average molecular weight is 296 g/mol. The van der Waals surface area contributed by atoms with E-state index in [-0.39, 0.29) is 5.91 Å². The summed E-state index contributed by atoms with van der Waals surface area (Å²) in [5.74, 6) is 0.133. The Hall–Kier alpha value is -1.02. The van der Waals surface area contributed by atoms with Crippen LogP contribution in [0.3, 0.4) is 0 Å².